The summed E-state index contributed by atoms with van der Waals surface area (Å²) in [6.07, 6.45) is 3.08. The van der Waals surface area contributed by atoms with E-state index >= 15 is 0 Å². The summed E-state index contributed by atoms with van der Waals surface area (Å²) >= 11 is 0. The average molecular weight is 450 g/mol. The number of pyridine rings is 1. The van der Waals surface area contributed by atoms with Gasteiger partial charge in [-0.15, -0.1) is 0 Å². The molecule has 0 bridgehead atoms. The minimum Gasteiger partial charge on any atom is -0.459 e. The van der Waals surface area contributed by atoms with Crippen molar-refractivity contribution in [2.24, 2.45) is 5.92 Å². The van der Waals surface area contributed by atoms with Crippen LogP contribution in [-0.2, 0) is 26.1 Å². The standard InChI is InChI=1S/C21H27N3O6S/c1-15(2)19(20(25)30-21(3,4)5)23(14-16-7-6-12-22-13-16)31(28,29)18-10-8-17(9-11-18)24(26)27/h6-13,15,19H,14H2,1-5H3/t19-/m1/s1. The van der Waals surface area contributed by atoms with Gasteiger partial charge >= 0.3 is 5.97 Å². The highest BCUT2D eigenvalue weighted by molar-refractivity contribution is 7.89. The summed E-state index contributed by atoms with van der Waals surface area (Å²) < 4.78 is 33.7. The van der Waals surface area contributed by atoms with E-state index in [2.05, 4.69) is 4.98 Å². The van der Waals surface area contributed by atoms with Crippen LogP contribution in [0.25, 0.3) is 0 Å². The van der Waals surface area contributed by atoms with Crippen molar-refractivity contribution in [2.45, 2.75) is 57.7 Å². The van der Waals surface area contributed by atoms with Crippen molar-refractivity contribution in [1.29, 1.82) is 0 Å². The highest BCUT2D eigenvalue weighted by Gasteiger charge is 2.40. The van der Waals surface area contributed by atoms with Crippen molar-refractivity contribution in [3.05, 3.63) is 64.5 Å². The molecule has 0 fully saturated rings. The Labute approximate surface area is 182 Å². The first-order valence-electron chi connectivity index (χ1n) is 9.71. The predicted octanol–water partition coefficient (Wildman–Crippen LogP) is 3.55. The topological polar surface area (TPSA) is 120 Å². The molecule has 1 aromatic heterocycles. The quantitative estimate of drug-likeness (QED) is 0.343. The first kappa shape index (κ1) is 24.4. The molecule has 0 amide bonds. The van der Waals surface area contributed by atoms with Crippen LogP contribution in [-0.4, -0.2) is 40.2 Å². The number of rotatable bonds is 8. The third-order valence-electron chi connectivity index (χ3n) is 4.31. The number of aromatic nitrogens is 1. The molecule has 168 valence electrons. The number of ether oxygens (including phenoxy) is 1. The molecule has 2 rings (SSSR count). The van der Waals surface area contributed by atoms with Gasteiger partial charge in [0.15, 0.2) is 0 Å². The molecule has 0 saturated heterocycles. The van der Waals surface area contributed by atoms with E-state index in [4.69, 9.17) is 4.74 Å². The zero-order valence-electron chi connectivity index (χ0n) is 18.2. The van der Waals surface area contributed by atoms with Crippen molar-refractivity contribution in [1.82, 2.24) is 9.29 Å². The lowest BCUT2D eigenvalue weighted by atomic mass is 10.0. The Bertz CT molecular complexity index is 1020. The normalized spacial score (nSPS) is 13.3. The molecule has 0 saturated carbocycles. The van der Waals surface area contributed by atoms with Gasteiger partial charge in [-0.3, -0.25) is 19.9 Å². The van der Waals surface area contributed by atoms with Gasteiger partial charge in [-0.2, -0.15) is 4.31 Å². The number of carbonyl (C=O) groups is 1. The number of non-ortho nitro benzene ring substituents is 1. The van der Waals surface area contributed by atoms with Crippen LogP contribution < -0.4 is 0 Å². The van der Waals surface area contributed by atoms with E-state index in [1.807, 2.05) is 0 Å². The zero-order valence-corrected chi connectivity index (χ0v) is 19.0. The Hall–Kier alpha value is -2.85. The fourth-order valence-electron chi connectivity index (χ4n) is 2.96. The molecule has 10 heteroatoms. The molecule has 0 N–H and O–H groups in total. The van der Waals surface area contributed by atoms with Gasteiger partial charge in [-0.1, -0.05) is 19.9 Å². The minimum atomic E-state index is -4.20. The van der Waals surface area contributed by atoms with Crippen molar-refractivity contribution in [2.75, 3.05) is 0 Å². The van der Waals surface area contributed by atoms with Gasteiger partial charge < -0.3 is 4.74 Å². The minimum absolute atomic E-state index is 0.116. The summed E-state index contributed by atoms with van der Waals surface area (Å²) in [4.78, 5) is 27.2. The Morgan fingerprint density at radius 2 is 1.81 bits per heavy atom. The lowest BCUT2D eigenvalue weighted by Gasteiger charge is -2.34. The Morgan fingerprint density at radius 1 is 1.19 bits per heavy atom. The smallest absolute Gasteiger partial charge is 0.325 e. The molecule has 0 spiro atoms. The number of hydrogen-bond donors (Lipinski definition) is 0. The van der Waals surface area contributed by atoms with E-state index in [9.17, 15) is 23.3 Å². The molecule has 31 heavy (non-hydrogen) atoms. The molecule has 1 heterocycles. The van der Waals surface area contributed by atoms with Gasteiger partial charge in [-0.25, -0.2) is 8.42 Å². The van der Waals surface area contributed by atoms with Crippen molar-refractivity contribution < 1.29 is 22.9 Å². The lowest BCUT2D eigenvalue weighted by molar-refractivity contribution is -0.384. The summed E-state index contributed by atoms with van der Waals surface area (Å²) in [6, 6.07) is 6.83. The number of nitrogens with zero attached hydrogens (tertiary/aromatic N) is 3. The van der Waals surface area contributed by atoms with Crippen LogP contribution in [0.2, 0.25) is 0 Å². The molecule has 0 aliphatic heterocycles. The van der Waals surface area contributed by atoms with Gasteiger partial charge in [0.2, 0.25) is 10.0 Å². The summed E-state index contributed by atoms with van der Waals surface area (Å²) in [6.45, 7) is 8.47. The van der Waals surface area contributed by atoms with Crippen LogP contribution in [0.4, 0.5) is 5.69 Å². The van der Waals surface area contributed by atoms with Crippen LogP contribution in [0.1, 0.15) is 40.2 Å². The number of carbonyl (C=O) groups excluding carboxylic acids is 1. The zero-order chi connectivity index (χ0) is 23.4. The molecular weight excluding hydrogens is 422 g/mol. The number of nitro groups is 1. The molecule has 1 atom stereocenters. The van der Waals surface area contributed by atoms with Gasteiger partial charge in [0.25, 0.3) is 5.69 Å². The molecule has 0 aliphatic rings. The molecule has 0 unspecified atom stereocenters. The molecule has 9 nitrogen and oxygen atoms in total. The number of sulfonamides is 1. The molecular formula is C21H27N3O6S. The van der Waals surface area contributed by atoms with E-state index in [-0.39, 0.29) is 17.1 Å². The lowest BCUT2D eigenvalue weighted by Crippen LogP contribution is -2.49. The Kier molecular flexibility index (Phi) is 7.50. The Balaban J connectivity index is 2.56. The number of nitro benzene ring substituents is 1. The summed E-state index contributed by atoms with van der Waals surface area (Å²) in [5.74, 6) is -1.07. The third kappa shape index (κ3) is 6.31. The van der Waals surface area contributed by atoms with Gasteiger partial charge in [0.1, 0.15) is 11.6 Å². The molecule has 0 radical (unpaired) electrons. The maximum absolute atomic E-state index is 13.6. The first-order chi connectivity index (χ1) is 14.3. The maximum atomic E-state index is 13.6. The second kappa shape index (κ2) is 9.52. The second-order valence-electron chi connectivity index (χ2n) is 8.38. The average Bonchev–Trinajstić information content (AvgIpc) is 2.66. The second-order valence-corrected chi connectivity index (χ2v) is 10.3. The Morgan fingerprint density at radius 3 is 2.26 bits per heavy atom. The van der Waals surface area contributed by atoms with Crippen LogP contribution in [0.5, 0.6) is 0 Å². The number of esters is 1. The van der Waals surface area contributed by atoms with Crippen LogP contribution in [0, 0.1) is 16.0 Å². The fraction of sp³-hybridized carbons (Fsp3) is 0.429. The van der Waals surface area contributed by atoms with E-state index in [1.54, 1.807) is 52.9 Å². The summed E-state index contributed by atoms with van der Waals surface area (Å²) in [5, 5.41) is 10.9. The fourth-order valence-corrected chi connectivity index (χ4v) is 4.66. The highest BCUT2D eigenvalue weighted by atomic mass is 32.2. The number of benzene rings is 1. The van der Waals surface area contributed by atoms with Crippen LogP contribution in [0.3, 0.4) is 0 Å². The summed E-state index contributed by atoms with van der Waals surface area (Å²) in [5.41, 5.74) is -0.450. The maximum Gasteiger partial charge on any atom is 0.325 e. The van der Waals surface area contributed by atoms with E-state index in [1.165, 1.54) is 6.20 Å². The van der Waals surface area contributed by atoms with Crippen LogP contribution >= 0.6 is 0 Å². The van der Waals surface area contributed by atoms with Crippen molar-refractivity contribution in [3.63, 3.8) is 0 Å². The third-order valence-corrected chi connectivity index (χ3v) is 6.15. The van der Waals surface area contributed by atoms with Gasteiger partial charge in [-0.05, 0) is 50.5 Å². The van der Waals surface area contributed by atoms with Gasteiger partial charge in [0.05, 0.1) is 9.82 Å². The monoisotopic (exact) mass is 449 g/mol. The highest BCUT2D eigenvalue weighted by Crippen LogP contribution is 2.27. The first-order valence-corrected chi connectivity index (χ1v) is 11.1. The van der Waals surface area contributed by atoms with E-state index < -0.39 is 38.5 Å². The predicted molar refractivity (Wildman–Crippen MR) is 115 cm³/mol. The molecule has 0 aliphatic carbocycles. The van der Waals surface area contributed by atoms with E-state index in [0.29, 0.717) is 5.56 Å². The molecule has 2 aromatic rings. The van der Waals surface area contributed by atoms with Gasteiger partial charge in [0, 0.05) is 31.1 Å². The molecule has 1 aromatic carbocycles. The van der Waals surface area contributed by atoms with E-state index in [0.717, 1.165) is 28.6 Å². The number of hydrogen-bond acceptors (Lipinski definition) is 7. The van der Waals surface area contributed by atoms with Crippen molar-refractivity contribution in [3.8, 4) is 0 Å². The van der Waals surface area contributed by atoms with Crippen LogP contribution in [0.15, 0.2) is 53.7 Å². The van der Waals surface area contributed by atoms with Crippen molar-refractivity contribution >= 4 is 21.7 Å². The summed E-state index contributed by atoms with van der Waals surface area (Å²) in [7, 11) is -4.20. The SMILES string of the molecule is CC(C)[C@H](C(=O)OC(C)(C)C)N(Cc1cccnc1)S(=O)(=O)c1ccc([N+](=O)[O-])cc1. The largest absolute Gasteiger partial charge is 0.459 e.